The van der Waals surface area contributed by atoms with Gasteiger partial charge in [-0.25, -0.2) is 14.8 Å². The highest BCUT2D eigenvalue weighted by Gasteiger charge is 2.03. The average molecular weight is 193 g/mol. The first-order chi connectivity index (χ1) is 6.74. The van der Waals surface area contributed by atoms with E-state index in [1.54, 1.807) is 0 Å². The van der Waals surface area contributed by atoms with Crippen LogP contribution in [0.25, 0.3) is 0 Å². The third-order valence-electron chi connectivity index (χ3n) is 1.51. The predicted octanol–water partition coefficient (Wildman–Crippen LogP) is 1.16. The van der Waals surface area contributed by atoms with E-state index in [0.717, 1.165) is 0 Å². The van der Waals surface area contributed by atoms with Crippen LogP contribution in [0.1, 0.15) is 17.4 Å². The number of carboxylic acids is 1. The van der Waals surface area contributed by atoms with Crippen LogP contribution in [0.15, 0.2) is 24.5 Å². The Morgan fingerprint density at radius 2 is 2.36 bits per heavy atom. The minimum Gasteiger partial charge on any atom is -0.476 e. The van der Waals surface area contributed by atoms with E-state index in [4.69, 9.17) is 5.11 Å². The minimum atomic E-state index is -1.07. The topological polar surface area (TPSA) is 75.1 Å². The number of hydrogen-bond donors (Lipinski definition) is 2. The van der Waals surface area contributed by atoms with Gasteiger partial charge in [0.25, 0.3) is 0 Å². The second kappa shape index (κ2) is 4.96. The van der Waals surface area contributed by atoms with E-state index in [9.17, 15) is 4.79 Å². The normalized spacial score (nSPS) is 10.4. The molecular formula is C9H11N3O2. The van der Waals surface area contributed by atoms with Crippen molar-refractivity contribution in [2.45, 2.75) is 6.92 Å². The summed E-state index contributed by atoms with van der Waals surface area (Å²) < 4.78 is 0. The van der Waals surface area contributed by atoms with Gasteiger partial charge in [-0.3, -0.25) is 0 Å². The molecule has 0 aliphatic carbocycles. The first-order valence-electron chi connectivity index (χ1n) is 4.14. The fourth-order valence-electron chi connectivity index (χ4n) is 0.811. The molecule has 0 aliphatic heterocycles. The van der Waals surface area contributed by atoms with Crippen molar-refractivity contribution in [3.63, 3.8) is 0 Å². The van der Waals surface area contributed by atoms with Gasteiger partial charge >= 0.3 is 5.97 Å². The van der Waals surface area contributed by atoms with Gasteiger partial charge in [0.2, 0.25) is 0 Å². The second-order valence-electron chi connectivity index (χ2n) is 2.54. The molecule has 5 heteroatoms. The standard InChI is InChI=1S/C9H11N3O2/c1-2-3-4-10-8-6-11-7(5-12-8)9(13)14/h2-3,5-6H,4H2,1H3,(H,10,12)(H,13,14)/b3-2+. The van der Waals surface area contributed by atoms with Gasteiger partial charge in [0, 0.05) is 6.54 Å². The summed E-state index contributed by atoms with van der Waals surface area (Å²) in [6.07, 6.45) is 6.45. The van der Waals surface area contributed by atoms with Crippen LogP contribution >= 0.6 is 0 Å². The third-order valence-corrected chi connectivity index (χ3v) is 1.51. The van der Waals surface area contributed by atoms with Crippen LogP contribution in [-0.4, -0.2) is 27.6 Å². The summed E-state index contributed by atoms with van der Waals surface area (Å²) in [6.45, 7) is 2.57. The molecule has 5 nitrogen and oxygen atoms in total. The molecule has 0 unspecified atom stereocenters. The van der Waals surface area contributed by atoms with Crippen molar-refractivity contribution in [3.05, 3.63) is 30.2 Å². The zero-order valence-corrected chi connectivity index (χ0v) is 7.77. The Balaban J connectivity index is 2.59. The summed E-state index contributed by atoms with van der Waals surface area (Å²) in [4.78, 5) is 18.0. The SMILES string of the molecule is C/C=C/CNc1cnc(C(=O)O)cn1. The largest absolute Gasteiger partial charge is 0.476 e. The highest BCUT2D eigenvalue weighted by atomic mass is 16.4. The summed E-state index contributed by atoms with van der Waals surface area (Å²) in [5.74, 6) is -0.509. The van der Waals surface area contributed by atoms with E-state index in [1.165, 1.54) is 12.4 Å². The van der Waals surface area contributed by atoms with E-state index in [0.29, 0.717) is 12.4 Å². The van der Waals surface area contributed by atoms with Crippen molar-refractivity contribution < 1.29 is 9.90 Å². The first-order valence-corrected chi connectivity index (χ1v) is 4.14. The van der Waals surface area contributed by atoms with Gasteiger partial charge in [-0.2, -0.15) is 0 Å². The summed E-state index contributed by atoms with van der Waals surface area (Å²) in [5, 5.41) is 11.5. The lowest BCUT2D eigenvalue weighted by Gasteiger charge is -2.00. The van der Waals surface area contributed by atoms with Gasteiger partial charge in [0.1, 0.15) is 5.82 Å². The van der Waals surface area contributed by atoms with E-state index in [-0.39, 0.29) is 5.69 Å². The maximum Gasteiger partial charge on any atom is 0.356 e. The van der Waals surface area contributed by atoms with E-state index >= 15 is 0 Å². The molecule has 14 heavy (non-hydrogen) atoms. The monoisotopic (exact) mass is 193 g/mol. The van der Waals surface area contributed by atoms with Crippen LogP contribution in [0.3, 0.4) is 0 Å². The molecule has 1 aromatic rings. The van der Waals surface area contributed by atoms with Crippen molar-refractivity contribution in [3.8, 4) is 0 Å². The van der Waals surface area contributed by atoms with Gasteiger partial charge < -0.3 is 10.4 Å². The lowest BCUT2D eigenvalue weighted by Crippen LogP contribution is -2.05. The third kappa shape index (κ3) is 2.85. The van der Waals surface area contributed by atoms with Crippen LogP contribution in [0.2, 0.25) is 0 Å². The first kappa shape index (κ1) is 10.2. The predicted molar refractivity (Wildman–Crippen MR) is 52.3 cm³/mol. The molecule has 1 aromatic heterocycles. The Hall–Kier alpha value is -1.91. The maximum atomic E-state index is 10.4. The van der Waals surface area contributed by atoms with E-state index < -0.39 is 5.97 Å². The van der Waals surface area contributed by atoms with Crippen molar-refractivity contribution in [2.24, 2.45) is 0 Å². The average Bonchev–Trinajstić information content (AvgIpc) is 2.19. The smallest absolute Gasteiger partial charge is 0.356 e. The van der Waals surface area contributed by atoms with Crippen LogP contribution in [0.4, 0.5) is 5.82 Å². The summed E-state index contributed by atoms with van der Waals surface area (Å²) >= 11 is 0. The number of rotatable bonds is 4. The number of hydrogen-bond acceptors (Lipinski definition) is 4. The molecule has 1 heterocycles. The quantitative estimate of drug-likeness (QED) is 0.702. The van der Waals surface area contributed by atoms with Gasteiger partial charge in [0.05, 0.1) is 12.4 Å². The van der Waals surface area contributed by atoms with Crippen LogP contribution in [-0.2, 0) is 0 Å². The highest BCUT2D eigenvalue weighted by Crippen LogP contribution is 2.00. The fourth-order valence-corrected chi connectivity index (χ4v) is 0.811. The zero-order valence-electron chi connectivity index (χ0n) is 7.77. The van der Waals surface area contributed by atoms with Crippen molar-refractivity contribution in [1.82, 2.24) is 9.97 Å². The number of nitrogens with zero attached hydrogens (tertiary/aromatic N) is 2. The number of nitrogens with one attached hydrogen (secondary N) is 1. The molecule has 0 amide bonds. The molecule has 2 N–H and O–H groups in total. The molecule has 1 rings (SSSR count). The highest BCUT2D eigenvalue weighted by molar-refractivity contribution is 5.84. The maximum absolute atomic E-state index is 10.4. The Morgan fingerprint density at radius 3 is 2.86 bits per heavy atom. The van der Waals surface area contributed by atoms with Crippen LogP contribution < -0.4 is 5.32 Å². The molecule has 0 aromatic carbocycles. The van der Waals surface area contributed by atoms with E-state index in [2.05, 4.69) is 15.3 Å². The number of anilines is 1. The zero-order chi connectivity index (χ0) is 10.4. The van der Waals surface area contributed by atoms with Crippen LogP contribution in [0, 0.1) is 0 Å². The van der Waals surface area contributed by atoms with Crippen molar-refractivity contribution in [2.75, 3.05) is 11.9 Å². The molecule has 0 saturated carbocycles. The van der Waals surface area contributed by atoms with Crippen molar-refractivity contribution in [1.29, 1.82) is 0 Å². The molecule has 0 fully saturated rings. The number of carbonyl (C=O) groups is 1. The Labute approximate surface area is 81.5 Å². The molecule has 0 spiro atoms. The molecule has 0 aliphatic rings. The van der Waals surface area contributed by atoms with Gasteiger partial charge in [-0.1, -0.05) is 12.2 Å². The number of aromatic carboxylic acids is 1. The minimum absolute atomic E-state index is 0.0541. The second-order valence-corrected chi connectivity index (χ2v) is 2.54. The van der Waals surface area contributed by atoms with Crippen LogP contribution in [0.5, 0.6) is 0 Å². The Kier molecular flexibility index (Phi) is 3.60. The molecule has 0 atom stereocenters. The summed E-state index contributed by atoms with van der Waals surface area (Å²) in [5.41, 5.74) is -0.0541. The van der Waals surface area contributed by atoms with Gasteiger partial charge in [-0.05, 0) is 6.92 Å². The lowest BCUT2D eigenvalue weighted by molar-refractivity contribution is 0.0690. The van der Waals surface area contributed by atoms with E-state index in [1.807, 2.05) is 19.1 Å². The summed E-state index contributed by atoms with van der Waals surface area (Å²) in [6, 6.07) is 0. The van der Waals surface area contributed by atoms with Gasteiger partial charge in [-0.15, -0.1) is 0 Å². The Morgan fingerprint density at radius 1 is 1.57 bits per heavy atom. The fraction of sp³-hybridized carbons (Fsp3) is 0.222. The lowest BCUT2D eigenvalue weighted by atomic mass is 10.4. The summed E-state index contributed by atoms with van der Waals surface area (Å²) in [7, 11) is 0. The molecular weight excluding hydrogens is 182 g/mol. The number of aromatic nitrogens is 2. The van der Waals surface area contributed by atoms with Gasteiger partial charge in [0.15, 0.2) is 5.69 Å². The number of carboxylic acid groups (broad SMARTS) is 1. The molecule has 0 bridgehead atoms. The van der Waals surface area contributed by atoms with Crippen molar-refractivity contribution >= 4 is 11.8 Å². The number of allylic oxidation sites excluding steroid dienone is 1. The molecule has 0 saturated heterocycles. The Bertz CT molecular complexity index is 332. The molecule has 0 radical (unpaired) electrons. The molecule has 74 valence electrons.